The van der Waals surface area contributed by atoms with E-state index in [1.54, 1.807) is 12.1 Å². The van der Waals surface area contributed by atoms with Crippen LogP contribution in [0.3, 0.4) is 0 Å². The Labute approximate surface area is 167 Å². The molecule has 0 fully saturated rings. The average molecular weight is 400 g/mol. The van der Waals surface area contributed by atoms with Gasteiger partial charge in [-0.2, -0.15) is 5.26 Å². The summed E-state index contributed by atoms with van der Waals surface area (Å²) < 4.78 is 10.3. The summed E-state index contributed by atoms with van der Waals surface area (Å²) in [5, 5.41) is 9.75. The average Bonchev–Trinajstić information content (AvgIpc) is 2.69. The first kappa shape index (κ1) is 21.1. The fourth-order valence-corrected chi connectivity index (χ4v) is 3.29. The summed E-state index contributed by atoms with van der Waals surface area (Å²) in [5.74, 6) is -0.0301. The van der Waals surface area contributed by atoms with E-state index in [2.05, 4.69) is 21.9 Å². The van der Waals surface area contributed by atoms with Crippen LogP contribution in [0.15, 0.2) is 29.3 Å². The maximum atomic E-state index is 12.2. The molecule has 0 atom stereocenters. The second-order valence-corrected chi connectivity index (χ2v) is 6.70. The number of carbonyl (C=O) groups excluding carboxylic acids is 2. The molecule has 2 aromatic rings. The molecule has 8 nitrogen and oxygen atoms in total. The highest BCUT2D eigenvalue weighted by Gasteiger charge is 2.14. The predicted molar refractivity (Wildman–Crippen MR) is 104 cm³/mol. The number of hydrogen-bond acceptors (Lipinski definition) is 7. The van der Waals surface area contributed by atoms with Crippen molar-refractivity contribution in [2.45, 2.75) is 18.9 Å². The Morgan fingerprint density at radius 3 is 2.50 bits per heavy atom. The summed E-state index contributed by atoms with van der Waals surface area (Å²) in [6.07, 6.45) is 0. The van der Waals surface area contributed by atoms with Gasteiger partial charge in [0.2, 0.25) is 5.91 Å². The van der Waals surface area contributed by atoms with E-state index in [1.807, 2.05) is 19.9 Å². The molecule has 0 radical (unpaired) electrons. The van der Waals surface area contributed by atoms with E-state index in [4.69, 9.17) is 9.47 Å². The number of aryl methyl sites for hydroxylation is 2. The van der Waals surface area contributed by atoms with Gasteiger partial charge in [-0.3, -0.25) is 20.4 Å². The lowest BCUT2D eigenvalue weighted by molar-refractivity contribution is -0.119. The molecule has 9 heteroatoms. The summed E-state index contributed by atoms with van der Waals surface area (Å²) >= 11 is 1.13. The number of amides is 2. The Balaban J connectivity index is 1.95. The van der Waals surface area contributed by atoms with E-state index < -0.39 is 11.8 Å². The van der Waals surface area contributed by atoms with Gasteiger partial charge in [-0.1, -0.05) is 11.8 Å². The van der Waals surface area contributed by atoms with Crippen LogP contribution in [0.4, 0.5) is 0 Å². The minimum Gasteiger partial charge on any atom is -0.493 e. The summed E-state index contributed by atoms with van der Waals surface area (Å²) in [4.78, 5) is 28.5. The number of rotatable bonds is 6. The monoisotopic (exact) mass is 400 g/mol. The van der Waals surface area contributed by atoms with Crippen LogP contribution in [0.1, 0.15) is 27.2 Å². The molecule has 0 aliphatic carbocycles. The molecule has 0 saturated heterocycles. The number of nitrogens with zero attached hydrogens (tertiary/aromatic N) is 2. The predicted octanol–water partition coefficient (Wildman–Crippen LogP) is 2.14. The minimum atomic E-state index is -0.499. The van der Waals surface area contributed by atoms with Crippen molar-refractivity contribution >= 4 is 23.6 Å². The molecule has 1 heterocycles. The van der Waals surface area contributed by atoms with Crippen LogP contribution >= 0.6 is 11.8 Å². The lowest BCUT2D eigenvalue weighted by atomic mass is 10.1. The van der Waals surface area contributed by atoms with Crippen LogP contribution in [0.2, 0.25) is 0 Å². The zero-order chi connectivity index (χ0) is 20.7. The number of methoxy groups -OCH3 is 2. The van der Waals surface area contributed by atoms with Crippen LogP contribution in [0.25, 0.3) is 0 Å². The topological polar surface area (TPSA) is 113 Å². The second-order valence-electron chi connectivity index (χ2n) is 5.73. The van der Waals surface area contributed by atoms with Gasteiger partial charge < -0.3 is 9.47 Å². The molecule has 0 bridgehead atoms. The number of nitriles is 1. The Morgan fingerprint density at radius 2 is 1.86 bits per heavy atom. The van der Waals surface area contributed by atoms with Crippen molar-refractivity contribution in [2.75, 3.05) is 20.0 Å². The molecule has 0 saturated carbocycles. The molecule has 146 valence electrons. The molecule has 0 aliphatic rings. The van der Waals surface area contributed by atoms with Gasteiger partial charge in [-0.15, -0.1) is 0 Å². The van der Waals surface area contributed by atoms with Crippen molar-refractivity contribution in [1.82, 2.24) is 15.8 Å². The SMILES string of the molecule is COc1ccc(C(=O)NNC(=O)CSc2nc(C)cc(C)c2C#N)cc1OC. The van der Waals surface area contributed by atoms with Gasteiger partial charge in [0.1, 0.15) is 11.1 Å². The van der Waals surface area contributed by atoms with E-state index in [0.717, 1.165) is 23.0 Å². The van der Waals surface area contributed by atoms with Crippen molar-refractivity contribution < 1.29 is 19.1 Å². The Morgan fingerprint density at radius 1 is 1.14 bits per heavy atom. The number of hydrazine groups is 1. The van der Waals surface area contributed by atoms with Crippen molar-refractivity contribution in [3.63, 3.8) is 0 Å². The van der Waals surface area contributed by atoms with Crippen LogP contribution in [0.5, 0.6) is 11.5 Å². The van der Waals surface area contributed by atoms with Crippen molar-refractivity contribution in [2.24, 2.45) is 0 Å². The Kier molecular flexibility index (Phi) is 7.23. The molecule has 2 amide bonds. The first-order valence-electron chi connectivity index (χ1n) is 8.22. The van der Waals surface area contributed by atoms with Gasteiger partial charge in [0.05, 0.1) is 25.5 Å². The molecular weight excluding hydrogens is 380 g/mol. The third-order valence-electron chi connectivity index (χ3n) is 3.72. The minimum absolute atomic E-state index is 0.00319. The largest absolute Gasteiger partial charge is 0.493 e. The number of benzene rings is 1. The number of thioether (sulfide) groups is 1. The van der Waals surface area contributed by atoms with Gasteiger partial charge >= 0.3 is 0 Å². The standard InChI is InChI=1S/C19H20N4O4S/c1-11-7-12(2)21-19(14(11)9-20)28-10-17(24)22-23-18(25)13-5-6-15(26-3)16(8-13)27-4/h5-8H,10H2,1-4H3,(H,22,24)(H,23,25). The zero-order valence-corrected chi connectivity index (χ0v) is 16.8. The van der Waals surface area contributed by atoms with Gasteiger partial charge in [0, 0.05) is 11.3 Å². The first-order chi connectivity index (χ1) is 13.4. The molecule has 0 unspecified atom stereocenters. The van der Waals surface area contributed by atoms with E-state index in [9.17, 15) is 14.9 Å². The van der Waals surface area contributed by atoms with Crippen LogP contribution in [-0.4, -0.2) is 36.8 Å². The number of carbonyl (C=O) groups is 2. The second kappa shape index (κ2) is 9.62. The zero-order valence-electron chi connectivity index (χ0n) is 16.0. The van der Waals surface area contributed by atoms with E-state index in [0.29, 0.717) is 27.7 Å². The molecule has 0 spiro atoms. The van der Waals surface area contributed by atoms with Crippen molar-refractivity contribution in [3.8, 4) is 17.6 Å². The lowest BCUT2D eigenvalue weighted by Gasteiger charge is -2.11. The Hall–Kier alpha value is -3.25. The number of hydrogen-bond donors (Lipinski definition) is 2. The van der Waals surface area contributed by atoms with Gasteiger partial charge in [0.15, 0.2) is 11.5 Å². The molecule has 1 aromatic carbocycles. The summed E-state index contributed by atoms with van der Waals surface area (Å²) in [6.45, 7) is 3.64. The van der Waals surface area contributed by atoms with Crippen molar-refractivity contribution in [1.29, 1.82) is 5.26 Å². The van der Waals surface area contributed by atoms with Gasteiger partial charge in [0.25, 0.3) is 5.91 Å². The lowest BCUT2D eigenvalue weighted by Crippen LogP contribution is -2.42. The highest BCUT2D eigenvalue weighted by molar-refractivity contribution is 8.00. The molecule has 28 heavy (non-hydrogen) atoms. The number of ether oxygens (including phenoxy) is 2. The Bertz CT molecular complexity index is 940. The molecule has 2 rings (SSSR count). The molecule has 1 aromatic heterocycles. The third-order valence-corrected chi connectivity index (χ3v) is 4.70. The summed E-state index contributed by atoms with van der Waals surface area (Å²) in [6, 6.07) is 8.57. The van der Waals surface area contributed by atoms with Gasteiger partial charge in [-0.25, -0.2) is 4.98 Å². The smallest absolute Gasteiger partial charge is 0.269 e. The quantitative estimate of drug-likeness (QED) is 0.564. The van der Waals surface area contributed by atoms with Crippen molar-refractivity contribution in [3.05, 3.63) is 46.6 Å². The number of pyridine rings is 1. The van der Waals surface area contributed by atoms with Gasteiger partial charge in [-0.05, 0) is 43.7 Å². The molecule has 2 N–H and O–H groups in total. The van der Waals surface area contributed by atoms with E-state index in [1.165, 1.54) is 20.3 Å². The normalized spacial score (nSPS) is 9.96. The van der Waals surface area contributed by atoms with E-state index >= 15 is 0 Å². The maximum Gasteiger partial charge on any atom is 0.269 e. The van der Waals surface area contributed by atoms with Crippen LogP contribution in [-0.2, 0) is 4.79 Å². The maximum absolute atomic E-state index is 12.2. The fourth-order valence-electron chi connectivity index (χ4n) is 2.39. The first-order valence-corrected chi connectivity index (χ1v) is 9.20. The van der Waals surface area contributed by atoms with Crippen LogP contribution in [0, 0.1) is 25.2 Å². The number of aromatic nitrogens is 1. The highest BCUT2D eigenvalue weighted by atomic mass is 32.2. The molecular formula is C19H20N4O4S. The van der Waals surface area contributed by atoms with E-state index in [-0.39, 0.29) is 5.75 Å². The number of nitrogens with one attached hydrogen (secondary N) is 2. The third kappa shape index (κ3) is 5.14. The van der Waals surface area contributed by atoms with Crippen LogP contribution < -0.4 is 20.3 Å². The fraction of sp³-hybridized carbons (Fsp3) is 0.263. The summed E-state index contributed by atoms with van der Waals surface area (Å²) in [7, 11) is 2.97. The molecule has 0 aliphatic heterocycles. The summed E-state index contributed by atoms with van der Waals surface area (Å²) in [5.41, 5.74) is 7.00. The highest BCUT2D eigenvalue weighted by Crippen LogP contribution is 2.27.